The van der Waals surface area contributed by atoms with Crippen LogP contribution in [-0.4, -0.2) is 35.5 Å². The summed E-state index contributed by atoms with van der Waals surface area (Å²) in [5.41, 5.74) is 0.193. The number of carbonyl (C=O) groups excluding carboxylic acids is 1. The van der Waals surface area contributed by atoms with Crippen molar-refractivity contribution in [2.75, 3.05) is 7.11 Å². The molecule has 0 aromatic rings. The van der Waals surface area contributed by atoms with Gasteiger partial charge >= 0.3 is 5.97 Å². The second kappa shape index (κ2) is 12.6. The fourth-order valence-corrected chi connectivity index (χ4v) is 5.08. The van der Waals surface area contributed by atoms with Gasteiger partial charge in [-0.25, -0.2) is 4.79 Å². The number of hydrogen-bond donors (Lipinski definition) is 2. The molecule has 0 amide bonds. The van der Waals surface area contributed by atoms with Crippen LogP contribution in [0.25, 0.3) is 0 Å². The molecule has 1 saturated carbocycles. The maximum absolute atomic E-state index is 11.1. The molecule has 0 bridgehead atoms. The quantitative estimate of drug-likeness (QED) is 0.268. The molecule has 2 N–H and O–H groups in total. The van der Waals surface area contributed by atoms with Crippen molar-refractivity contribution < 1.29 is 19.7 Å². The van der Waals surface area contributed by atoms with E-state index in [0.29, 0.717) is 11.8 Å². The highest BCUT2D eigenvalue weighted by molar-refractivity contribution is 5.81. The Kier molecular flexibility index (Phi) is 11.4. The third kappa shape index (κ3) is 7.51. The van der Waals surface area contributed by atoms with E-state index in [1.54, 1.807) is 0 Å². The first-order chi connectivity index (χ1) is 13.3. The summed E-state index contributed by atoms with van der Waals surface area (Å²) in [6.45, 7) is 9.14. The summed E-state index contributed by atoms with van der Waals surface area (Å²) in [7, 11) is 1.38. The zero-order chi connectivity index (χ0) is 21.2. The molecule has 4 heteroatoms. The fourth-order valence-electron chi connectivity index (χ4n) is 5.08. The van der Waals surface area contributed by atoms with E-state index in [4.69, 9.17) is 0 Å². The Morgan fingerprint density at radius 3 is 2.61 bits per heavy atom. The van der Waals surface area contributed by atoms with Crippen molar-refractivity contribution >= 4 is 5.97 Å². The van der Waals surface area contributed by atoms with Crippen molar-refractivity contribution in [3.05, 3.63) is 12.2 Å². The number of methoxy groups -OCH3 is 1. The third-order valence-electron chi connectivity index (χ3n) is 7.30. The lowest BCUT2D eigenvalue weighted by atomic mass is 9.56. The van der Waals surface area contributed by atoms with Crippen molar-refractivity contribution in [3.8, 4) is 0 Å². The molecule has 4 nitrogen and oxygen atoms in total. The van der Waals surface area contributed by atoms with E-state index >= 15 is 0 Å². The largest absolute Gasteiger partial charge is 0.466 e. The van der Waals surface area contributed by atoms with E-state index in [2.05, 4.69) is 32.4 Å². The molecule has 1 aliphatic rings. The average molecular weight is 397 g/mol. The normalized spacial score (nSPS) is 28.8. The minimum atomic E-state index is -0.313. The lowest BCUT2D eigenvalue weighted by Crippen LogP contribution is -2.45. The number of hydrogen-bond acceptors (Lipinski definition) is 4. The average Bonchev–Trinajstić information content (AvgIpc) is 2.67. The van der Waals surface area contributed by atoms with E-state index < -0.39 is 0 Å². The second-order valence-corrected chi connectivity index (χ2v) is 9.22. The first-order valence-corrected chi connectivity index (χ1v) is 11.4. The van der Waals surface area contributed by atoms with Gasteiger partial charge in [-0.3, -0.25) is 0 Å². The maximum Gasteiger partial charge on any atom is 0.330 e. The smallest absolute Gasteiger partial charge is 0.330 e. The molecule has 0 saturated heterocycles. The van der Waals surface area contributed by atoms with Crippen LogP contribution >= 0.6 is 0 Å². The Bertz CT molecular complexity index is 475. The van der Waals surface area contributed by atoms with Gasteiger partial charge in [-0.1, -0.05) is 53.0 Å². The van der Waals surface area contributed by atoms with Crippen LogP contribution in [-0.2, 0) is 9.53 Å². The maximum atomic E-state index is 11.1. The minimum absolute atomic E-state index is 0.159. The number of esters is 1. The van der Waals surface area contributed by atoms with E-state index in [-0.39, 0.29) is 29.5 Å². The molecule has 6 atom stereocenters. The first kappa shape index (κ1) is 25.2. The number of ether oxygens (including phenoxy) is 1. The van der Waals surface area contributed by atoms with Crippen molar-refractivity contribution in [2.24, 2.45) is 23.2 Å². The van der Waals surface area contributed by atoms with Crippen molar-refractivity contribution in [2.45, 2.75) is 104 Å². The predicted octanol–water partition coefficient (Wildman–Crippen LogP) is 5.27. The molecule has 1 fully saturated rings. The first-order valence-electron chi connectivity index (χ1n) is 11.4. The molecule has 1 aliphatic carbocycles. The summed E-state index contributed by atoms with van der Waals surface area (Å²) in [4.78, 5) is 11.1. The molecule has 0 aliphatic heterocycles. The van der Waals surface area contributed by atoms with Gasteiger partial charge in [0.2, 0.25) is 0 Å². The van der Waals surface area contributed by atoms with Gasteiger partial charge in [-0.2, -0.15) is 0 Å². The highest BCUT2D eigenvalue weighted by atomic mass is 16.5. The molecule has 0 spiro atoms. The SMILES string of the molecule is CCCCC([C@@H](C)C(O)CCCC/C=C/C(=O)OC)[C@@]1(C)CCC(O)C[C@H]1C. The van der Waals surface area contributed by atoms with E-state index in [1.807, 2.05) is 6.08 Å². The van der Waals surface area contributed by atoms with Gasteiger partial charge in [0.05, 0.1) is 19.3 Å². The molecule has 0 radical (unpaired) electrons. The second-order valence-electron chi connectivity index (χ2n) is 9.22. The summed E-state index contributed by atoms with van der Waals surface area (Å²) < 4.78 is 4.59. The summed E-state index contributed by atoms with van der Waals surface area (Å²) in [6.07, 6.45) is 12.8. The van der Waals surface area contributed by atoms with Crippen LogP contribution < -0.4 is 0 Å². The number of aliphatic hydroxyl groups excluding tert-OH is 2. The number of unbranched alkanes of at least 4 members (excludes halogenated alkanes) is 3. The number of aliphatic hydroxyl groups is 2. The Morgan fingerprint density at radius 1 is 1.29 bits per heavy atom. The molecule has 0 aromatic carbocycles. The lowest BCUT2D eigenvalue weighted by Gasteiger charge is -2.50. The summed E-state index contributed by atoms with van der Waals surface area (Å²) in [5.74, 6) is 0.924. The standard InChI is InChI=1S/C24H44O4/c1-6-7-12-21(24(4)16-15-20(25)17-18(24)2)19(3)22(26)13-10-8-9-11-14-23(27)28-5/h11,14,18-22,25-26H,6-10,12-13,15-17H2,1-5H3/b14-11+/t18-,19-,20?,21?,22?,24+/m1/s1. The van der Waals surface area contributed by atoms with E-state index in [0.717, 1.165) is 51.4 Å². The monoisotopic (exact) mass is 396 g/mol. The number of allylic oxidation sites excluding steroid dienone is 1. The van der Waals surface area contributed by atoms with Gasteiger partial charge in [-0.15, -0.1) is 0 Å². The minimum Gasteiger partial charge on any atom is -0.466 e. The fraction of sp³-hybridized carbons (Fsp3) is 0.875. The van der Waals surface area contributed by atoms with Crippen LogP contribution in [0.2, 0.25) is 0 Å². The van der Waals surface area contributed by atoms with E-state index in [1.165, 1.54) is 26.0 Å². The van der Waals surface area contributed by atoms with Crippen LogP contribution in [0.4, 0.5) is 0 Å². The Balaban J connectivity index is 2.61. The van der Waals surface area contributed by atoms with Crippen LogP contribution in [0, 0.1) is 23.2 Å². The molecule has 3 unspecified atom stereocenters. The third-order valence-corrected chi connectivity index (χ3v) is 7.30. The Labute approximate surface area is 172 Å². The molecule has 0 aromatic heterocycles. The predicted molar refractivity (Wildman–Crippen MR) is 115 cm³/mol. The van der Waals surface area contributed by atoms with Crippen LogP contribution in [0.1, 0.15) is 91.9 Å². The Hall–Kier alpha value is -0.870. The summed E-state index contributed by atoms with van der Waals surface area (Å²) in [5, 5.41) is 21.0. The zero-order valence-electron chi connectivity index (χ0n) is 18.8. The van der Waals surface area contributed by atoms with Gasteiger partial charge in [0.25, 0.3) is 0 Å². The van der Waals surface area contributed by atoms with Crippen molar-refractivity contribution in [3.63, 3.8) is 0 Å². The van der Waals surface area contributed by atoms with Crippen LogP contribution in [0.5, 0.6) is 0 Å². The summed E-state index contributed by atoms with van der Waals surface area (Å²) in [6, 6.07) is 0. The molecular formula is C24H44O4. The van der Waals surface area contributed by atoms with Gasteiger partial charge in [0, 0.05) is 6.08 Å². The topological polar surface area (TPSA) is 66.8 Å². The highest BCUT2D eigenvalue weighted by Crippen LogP contribution is 2.51. The van der Waals surface area contributed by atoms with Crippen molar-refractivity contribution in [1.29, 1.82) is 0 Å². The van der Waals surface area contributed by atoms with Crippen LogP contribution in [0.3, 0.4) is 0 Å². The number of rotatable bonds is 12. The highest BCUT2D eigenvalue weighted by Gasteiger charge is 2.45. The van der Waals surface area contributed by atoms with Crippen molar-refractivity contribution in [1.82, 2.24) is 0 Å². The lowest BCUT2D eigenvalue weighted by molar-refractivity contribution is -0.134. The molecule has 164 valence electrons. The molecule has 1 rings (SSSR count). The van der Waals surface area contributed by atoms with Crippen LogP contribution in [0.15, 0.2) is 12.2 Å². The van der Waals surface area contributed by atoms with E-state index in [9.17, 15) is 15.0 Å². The molecular weight excluding hydrogens is 352 g/mol. The van der Waals surface area contributed by atoms with Gasteiger partial charge < -0.3 is 14.9 Å². The molecule has 28 heavy (non-hydrogen) atoms. The van der Waals surface area contributed by atoms with Gasteiger partial charge in [-0.05, 0) is 68.1 Å². The van der Waals surface area contributed by atoms with Gasteiger partial charge in [0.1, 0.15) is 0 Å². The number of carbonyl (C=O) groups is 1. The molecule has 0 heterocycles. The Morgan fingerprint density at radius 2 is 2.00 bits per heavy atom. The summed E-state index contributed by atoms with van der Waals surface area (Å²) >= 11 is 0. The van der Waals surface area contributed by atoms with Gasteiger partial charge in [0.15, 0.2) is 0 Å². The zero-order valence-corrected chi connectivity index (χ0v) is 18.8.